The third-order valence-corrected chi connectivity index (χ3v) is 6.85. The van der Waals surface area contributed by atoms with E-state index in [2.05, 4.69) is 15.2 Å². The van der Waals surface area contributed by atoms with Gasteiger partial charge in [0, 0.05) is 5.56 Å². The summed E-state index contributed by atoms with van der Waals surface area (Å²) in [5.74, 6) is 2.27. The van der Waals surface area contributed by atoms with E-state index in [4.69, 9.17) is 4.42 Å². The summed E-state index contributed by atoms with van der Waals surface area (Å²) in [4.78, 5) is 18.0. The first kappa shape index (κ1) is 21.4. The van der Waals surface area contributed by atoms with Crippen LogP contribution in [0.3, 0.4) is 0 Å². The monoisotopic (exact) mass is 479 g/mol. The van der Waals surface area contributed by atoms with Gasteiger partial charge in [-0.3, -0.25) is 9.20 Å². The van der Waals surface area contributed by atoms with Crippen molar-refractivity contribution in [2.75, 3.05) is 0 Å². The van der Waals surface area contributed by atoms with Gasteiger partial charge in [0.1, 0.15) is 0 Å². The molecule has 0 radical (unpaired) electrons. The summed E-state index contributed by atoms with van der Waals surface area (Å²) < 4.78 is 9.55. The summed E-state index contributed by atoms with van der Waals surface area (Å²) in [6.45, 7) is 4.00. The normalized spacial score (nSPS) is 11.5. The summed E-state index contributed by atoms with van der Waals surface area (Å²) in [5, 5.41) is 10.2. The zero-order chi connectivity index (χ0) is 23.9. The molecular formula is C27H21N5O2S. The van der Waals surface area contributed by atoms with Crippen LogP contribution in [0.15, 0.2) is 93.4 Å². The second kappa shape index (κ2) is 8.56. The van der Waals surface area contributed by atoms with Crippen LogP contribution in [0.2, 0.25) is 0 Å². The minimum absolute atomic E-state index is 0.119. The molecule has 3 aromatic heterocycles. The minimum Gasteiger partial charge on any atom is -0.440 e. The molecule has 0 N–H and O–H groups in total. The van der Waals surface area contributed by atoms with Gasteiger partial charge in [-0.25, -0.2) is 9.55 Å². The van der Waals surface area contributed by atoms with Crippen molar-refractivity contribution >= 4 is 28.4 Å². The molecular weight excluding hydrogens is 458 g/mol. The molecule has 172 valence electrons. The lowest BCUT2D eigenvalue weighted by atomic mass is 10.1. The Hall–Kier alpha value is -4.17. The standard InChI is InChI=1S/C27H21N5O2S/c1-17-12-13-18(2)22(14-17)31-25(33)20-10-6-7-11-21(20)32-26(31)29-30-27(32)35-16-24-28-15-23(34-24)19-8-4-3-5-9-19/h3-15H,16H2,1-2H3. The third kappa shape index (κ3) is 3.72. The topological polar surface area (TPSA) is 78.2 Å². The summed E-state index contributed by atoms with van der Waals surface area (Å²) in [6.07, 6.45) is 1.74. The van der Waals surface area contributed by atoms with Crippen molar-refractivity contribution in [2.24, 2.45) is 0 Å². The van der Waals surface area contributed by atoms with Gasteiger partial charge in [0.25, 0.3) is 5.56 Å². The smallest absolute Gasteiger partial charge is 0.267 e. The van der Waals surface area contributed by atoms with Gasteiger partial charge < -0.3 is 4.42 Å². The fourth-order valence-electron chi connectivity index (χ4n) is 4.19. The SMILES string of the molecule is Cc1ccc(C)c(-n2c(=O)c3ccccc3n3c(SCc4ncc(-c5ccccc5)o4)nnc23)c1. The van der Waals surface area contributed by atoms with Gasteiger partial charge >= 0.3 is 0 Å². The molecule has 0 aliphatic heterocycles. The predicted molar refractivity (Wildman–Crippen MR) is 137 cm³/mol. The molecule has 7 nitrogen and oxygen atoms in total. The number of fused-ring (bicyclic) bond motifs is 3. The fourth-order valence-corrected chi connectivity index (χ4v) is 4.98. The number of aromatic nitrogens is 5. The summed E-state index contributed by atoms with van der Waals surface area (Å²) in [7, 11) is 0. The number of rotatable bonds is 5. The molecule has 35 heavy (non-hydrogen) atoms. The Balaban J connectivity index is 1.45. The van der Waals surface area contributed by atoms with Crippen LogP contribution in [0.4, 0.5) is 0 Å². The summed E-state index contributed by atoms with van der Waals surface area (Å²) in [6, 6.07) is 23.5. The average Bonchev–Trinajstić information content (AvgIpc) is 3.53. The van der Waals surface area contributed by atoms with Crippen LogP contribution in [0.25, 0.3) is 33.7 Å². The van der Waals surface area contributed by atoms with Crippen molar-refractivity contribution in [2.45, 2.75) is 24.8 Å². The van der Waals surface area contributed by atoms with Crippen LogP contribution in [0, 0.1) is 13.8 Å². The molecule has 0 spiro atoms. The molecule has 0 aliphatic carbocycles. The highest BCUT2D eigenvalue weighted by molar-refractivity contribution is 7.98. The number of para-hydroxylation sites is 1. The van der Waals surface area contributed by atoms with E-state index in [9.17, 15) is 4.79 Å². The highest BCUT2D eigenvalue weighted by Gasteiger charge is 2.19. The Bertz CT molecular complexity index is 1750. The van der Waals surface area contributed by atoms with Crippen molar-refractivity contribution in [1.29, 1.82) is 0 Å². The Kier molecular flexibility index (Phi) is 5.22. The number of aryl methyl sites for hydroxylation is 2. The molecule has 0 aliphatic rings. The lowest BCUT2D eigenvalue weighted by Crippen LogP contribution is -2.22. The van der Waals surface area contributed by atoms with E-state index < -0.39 is 0 Å². The third-order valence-electron chi connectivity index (χ3n) is 5.94. The Morgan fingerprint density at radius 1 is 0.943 bits per heavy atom. The van der Waals surface area contributed by atoms with E-state index in [0.29, 0.717) is 28.0 Å². The second-order valence-corrected chi connectivity index (χ2v) is 9.28. The molecule has 0 saturated carbocycles. The van der Waals surface area contributed by atoms with Crippen LogP contribution in [0.1, 0.15) is 17.0 Å². The van der Waals surface area contributed by atoms with Gasteiger partial charge in [-0.15, -0.1) is 10.2 Å². The van der Waals surface area contributed by atoms with Crippen LogP contribution in [0.5, 0.6) is 0 Å². The number of hydrogen-bond donors (Lipinski definition) is 0. The molecule has 6 aromatic rings. The molecule has 0 fully saturated rings. The largest absolute Gasteiger partial charge is 0.440 e. The maximum Gasteiger partial charge on any atom is 0.267 e. The van der Waals surface area contributed by atoms with Crippen LogP contribution in [-0.2, 0) is 5.75 Å². The Morgan fingerprint density at radius 2 is 1.74 bits per heavy atom. The molecule has 0 bridgehead atoms. The molecule has 0 amide bonds. The average molecular weight is 480 g/mol. The van der Waals surface area contributed by atoms with Gasteiger partial charge in [0.05, 0.1) is 28.5 Å². The highest BCUT2D eigenvalue weighted by atomic mass is 32.2. The quantitative estimate of drug-likeness (QED) is 0.300. The number of benzene rings is 3. The lowest BCUT2D eigenvalue weighted by Gasteiger charge is -2.13. The molecule has 3 aromatic carbocycles. The van der Waals surface area contributed by atoms with Gasteiger partial charge in [0.15, 0.2) is 10.9 Å². The van der Waals surface area contributed by atoms with Gasteiger partial charge in [0.2, 0.25) is 11.7 Å². The molecule has 8 heteroatoms. The molecule has 6 rings (SSSR count). The number of hydrogen-bond acceptors (Lipinski definition) is 6. The van der Waals surface area contributed by atoms with E-state index in [1.165, 1.54) is 11.8 Å². The fraction of sp³-hybridized carbons (Fsp3) is 0.111. The van der Waals surface area contributed by atoms with E-state index >= 15 is 0 Å². The molecule has 0 saturated heterocycles. The minimum atomic E-state index is -0.119. The first-order valence-corrected chi connectivity index (χ1v) is 12.2. The number of oxazole rings is 1. The van der Waals surface area contributed by atoms with Crippen molar-refractivity contribution in [3.05, 3.63) is 106 Å². The summed E-state index contributed by atoms with van der Waals surface area (Å²) >= 11 is 1.47. The first-order valence-electron chi connectivity index (χ1n) is 11.2. The zero-order valence-electron chi connectivity index (χ0n) is 19.2. The highest BCUT2D eigenvalue weighted by Crippen LogP contribution is 2.28. The Labute approximate surface area is 205 Å². The van der Waals surface area contributed by atoms with Crippen molar-refractivity contribution < 1.29 is 4.42 Å². The maximum atomic E-state index is 13.6. The van der Waals surface area contributed by atoms with Crippen molar-refractivity contribution in [1.82, 2.24) is 24.1 Å². The van der Waals surface area contributed by atoms with Gasteiger partial charge in [-0.05, 0) is 43.2 Å². The molecule has 0 unspecified atom stereocenters. The maximum absolute atomic E-state index is 13.6. The van der Waals surface area contributed by atoms with Crippen molar-refractivity contribution in [3.63, 3.8) is 0 Å². The molecule has 3 heterocycles. The van der Waals surface area contributed by atoms with E-state index in [-0.39, 0.29) is 5.56 Å². The van der Waals surface area contributed by atoms with Crippen LogP contribution in [-0.4, -0.2) is 24.1 Å². The van der Waals surface area contributed by atoms with E-state index in [0.717, 1.165) is 33.7 Å². The van der Waals surface area contributed by atoms with Gasteiger partial charge in [-0.1, -0.05) is 66.4 Å². The first-order chi connectivity index (χ1) is 17.1. The van der Waals surface area contributed by atoms with Crippen LogP contribution < -0.4 is 5.56 Å². The van der Waals surface area contributed by atoms with Crippen LogP contribution >= 0.6 is 11.8 Å². The zero-order valence-corrected chi connectivity index (χ0v) is 20.0. The Morgan fingerprint density at radius 3 is 2.60 bits per heavy atom. The van der Waals surface area contributed by atoms with Gasteiger partial charge in [-0.2, -0.15) is 0 Å². The second-order valence-electron chi connectivity index (χ2n) is 8.34. The molecule has 0 atom stereocenters. The lowest BCUT2D eigenvalue weighted by molar-refractivity contribution is 0.530. The number of nitrogens with zero attached hydrogens (tertiary/aromatic N) is 5. The predicted octanol–water partition coefficient (Wildman–Crippen LogP) is 5.60. The van der Waals surface area contributed by atoms with Crippen molar-refractivity contribution in [3.8, 4) is 17.0 Å². The van der Waals surface area contributed by atoms with E-state index in [1.54, 1.807) is 10.8 Å². The number of thioether (sulfide) groups is 1. The van der Waals surface area contributed by atoms with E-state index in [1.807, 2.05) is 91.0 Å². The summed E-state index contributed by atoms with van der Waals surface area (Å²) in [5.41, 5.74) is 4.48.